The second kappa shape index (κ2) is 3.89. The van der Waals surface area contributed by atoms with Gasteiger partial charge in [0.1, 0.15) is 0 Å². The largest absolute Gasteiger partial charge is 0.388 e. The highest BCUT2D eigenvalue weighted by Crippen LogP contribution is 2.29. The fourth-order valence-corrected chi connectivity index (χ4v) is 1.90. The van der Waals surface area contributed by atoms with Crippen LogP contribution in [0.2, 0.25) is 0 Å². The van der Waals surface area contributed by atoms with Crippen LogP contribution in [-0.2, 0) is 0 Å². The standard InChI is InChI=1S/C14H17NO/c1-14(2,16)13(15)12-9-5-7-10-6-3-4-8-11(10)12/h3-9,13,16H,15H2,1-2H3/t13-/m0/s1. The average Bonchev–Trinajstić information content (AvgIpc) is 2.26. The maximum Gasteiger partial charge on any atom is 0.0783 e. The number of benzene rings is 2. The molecule has 1 atom stereocenters. The van der Waals surface area contributed by atoms with E-state index in [9.17, 15) is 5.11 Å². The summed E-state index contributed by atoms with van der Waals surface area (Å²) in [5.41, 5.74) is 6.17. The number of hydrogen-bond acceptors (Lipinski definition) is 2. The number of aliphatic hydroxyl groups is 1. The van der Waals surface area contributed by atoms with Crippen LogP contribution in [0.25, 0.3) is 10.8 Å². The van der Waals surface area contributed by atoms with Crippen molar-refractivity contribution in [1.29, 1.82) is 0 Å². The van der Waals surface area contributed by atoms with Crippen LogP contribution >= 0.6 is 0 Å². The van der Waals surface area contributed by atoms with Crippen molar-refractivity contribution in [3.05, 3.63) is 48.0 Å². The molecule has 0 saturated carbocycles. The molecule has 0 aliphatic heterocycles. The number of fused-ring (bicyclic) bond motifs is 1. The van der Waals surface area contributed by atoms with Crippen molar-refractivity contribution in [2.45, 2.75) is 25.5 Å². The summed E-state index contributed by atoms with van der Waals surface area (Å²) in [7, 11) is 0. The molecule has 2 nitrogen and oxygen atoms in total. The van der Waals surface area contributed by atoms with E-state index in [4.69, 9.17) is 5.73 Å². The Balaban J connectivity index is 2.61. The molecule has 0 fully saturated rings. The molecule has 84 valence electrons. The summed E-state index contributed by atoms with van der Waals surface area (Å²) < 4.78 is 0. The second-order valence-corrected chi connectivity index (χ2v) is 4.70. The van der Waals surface area contributed by atoms with E-state index in [0.29, 0.717) is 0 Å². The fourth-order valence-electron chi connectivity index (χ4n) is 1.90. The van der Waals surface area contributed by atoms with Gasteiger partial charge >= 0.3 is 0 Å². The first-order valence-corrected chi connectivity index (χ1v) is 5.46. The first kappa shape index (κ1) is 11.1. The molecule has 0 aromatic heterocycles. The van der Waals surface area contributed by atoms with E-state index >= 15 is 0 Å². The third-order valence-electron chi connectivity index (χ3n) is 2.92. The Morgan fingerprint density at radius 2 is 1.69 bits per heavy atom. The van der Waals surface area contributed by atoms with Crippen molar-refractivity contribution in [3.8, 4) is 0 Å². The molecule has 0 aliphatic rings. The maximum atomic E-state index is 9.97. The van der Waals surface area contributed by atoms with Crippen molar-refractivity contribution < 1.29 is 5.11 Å². The first-order chi connectivity index (χ1) is 7.50. The van der Waals surface area contributed by atoms with Crippen LogP contribution < -0.4 is 5.73 Å². The highest BCUT2D eigenvalue weighted by molar-refractivity contribution is 5.86. The lowest BCUT2D eigenvalue weighted by Gasteiger charge is -2.27. The maximum absolute atomic E-state index is 9.97. The van der Waals surface area contributed by atoms with Gasteiger partial charge in [0.05, 0.1) is 11.6 Å². The van der Waals surface area contributed by atoms with Crippen LogP contribution in [-0.4, -0.2) is 10.7 Å². The van der Waals surface area contributed by atoms with Crippen molar-refractivity contribution in [2.75, 3.05) is 0 Å². The van der Waals surface area contributed by atoms with Crippen LogP contribution in [0.3, 0.4) is 0 Å². The molecule has 2 aromatic carbocycles. The highest BCUT2D eigenvalue weighted by atomic mass is 16.3. The Labute approximate surface area is 95.7 Å². The summed E-state index contributed by atoms with van der Waals surface area (Å²) >= 11 is 0. The van der Waals surface area contributed by atoms with Gasteiger partial charge in [-0.2, -0.15) is 0 Å². The van der Waals surface area contributed by atoms with Gasteiger partial charge in [0.25, 0.3) is 0 Å². The van der Waals surface area contributed by atoms with Gasteiger partial charge in [0.15, 0.2) is 0 Å². The quantitative estimate of drug-likeness (QED) is 0.809. The topological polar surface area (TPSA) is 46.2 Å². The summed E-state index contributed by atoms with van der Waals surface area (Å²) in [4.78, 5) is 0. The summed E-state index contributed by atoms with van der Waals surface area (Å²) in [6, 6.07) is 13.7. The van der Waals surface area contributed by atoms with Gasteiger partial charge in [-0.05, 0) is 30.2 Å². The Morgan fingerprint density at radius 3 is 2.38 bits per heavy atom. The van der Waals surface area contributed by atoms with Crippen LogP contribution in [0.5, 0.6) is 0 Å². The third-order valence-corrected chi connectivity index (χ3v) is 2.92. The molecule has 0 aliphatic carbocycles. The third kappa shape index (κ3) is 1.94. The Hall–Kier alpha value is -1.38. The zero-order chi connectivity index (χ0) is 11.8. The molecule has 0 amide bonds. The van der Waals surface area contributed by atoms with Gasteiger partial charge in [-0.1, -0.05) is 42.5 Å². The van der Waals surface area contributed by atoms with Crippen LogP contribution in [0.15, 0.2) is 42.5 Å². The van der Waals surface area contributed by atoms with E-state index in [0.717, 1.165) is 16.3 Å². The van der Waals surface area contributed by atoms with Crippen molar-refractivity contribution in [3.63, 3.8) is 0 Å². The number of nitrogens with two attached hydrogens (primary N) is 1. The SMILES string of the molecule is CC(C)(O)[C@@H](N)c1cccc2ccccc12. The van der Waals surface area contributed by atoms with E-state index in [-0.39, 0.29) is 6.04 Å². The van der Waals surface area contributed by atoms with Gasteiger partial charge in [-0.3, -0.25) is 0 Å². The number of hydrogen-bond donors (Lipinski definition) is 2. The predicted molar refractivity (Wildman–Crippen MR) is 67.2 cm³/mol. The molecule has 0 bridgehead atoms. The van der Waals surface area contributed by atoms with Gasteiger partial charge in [-0.25, -0.2) is 0 Å². The molecule has 2 aromatic rings. The van der Waals surface area contributed by atoms with Crippen LogP contribution in [0, 0.1) is 0 Å². The molecular weight excluding hydrogens is 198 g/mol. The average molecular weight is 215 g/mol. The lowest BCUT2D eigenvalue weighted by atomic mass is 9.89. The molecular formula is C14H17NO. The minimum atomic E-state index is -0.913. The van der Waals surface area contributed by atoms with E-state index in [1.165, 1.54) is 0 Å². The van der Waals surface area contributed by atoms with Crippen molar-refractivity contribution in [2.24, 2.45) is 5.73 Å². The van der Waals surface area contributed by atoms with Gasteiger partial charge in [-0.15, -0.1) is 0 Å². The normalized spacial score (nSPS) is 14.0. The fraction of sp³-hybridized carbons (Fsp3) is 0.286. The van der Waals surface area contributed by atoms with Gasteiger partial charge < -0.3 is 10.8 Å². The summed E-state index contributed by atoms with van der Waals surface area (Å²) in [5.74, 6) is 0. The Kier molecular flexibility index (Phi) is 2.70. The second-order valence-electron chi connectivity index (χ2n) is 4.70. The summed E-state index contributed by atoms with van der Waals surface area (Å²) in [6.45, 7) is 3.47. The molecule has 0 spiro atoms. The van der Waals surface area contributed by atoms with Crippen molar-refractivity contribution in [1.82, 2.24) is 0 Å². The lowest BCUT2D eigenvalue weighted by Crippen LogP contribution is -2.35. The van der Waals surface area contributed by atoms with Crippen LogP contribution in [0.4, 0.5) is 0 Å². The molecule has 2 rings (SSSR count). The van der Waals surface area contributed by atoms with Gasteiger partial charge in [0, 0.05) is 0 Å². The summed E-state index contributed by atoms with van der Waals surface area (Å²) in [5, 5.41) is 12.2. The van der Waals surface area contributed by atoms with E-state index in [1.54, 1.807) is 13.8 Å². The minimum absolute atomic E-state index is 0.376. The summed E-state index contributed by atoms with van der Waals surface area (Å²) in [6.07, 6.45) is 0. The molecule has 16 heavy (non-hydrogen) atoms. The number of rotatable bonds is 2. The molecule has 0 radical (unpaired) electrons. The molecule has 0 saturated heterocycles. The zero-order valence-electron chi connectivity index (χ0n) is 9.64. The predicted octanol–water partition coefficient (Wildman–Crippen LogP) is 2.61. The molecule has 0 unspecified atom stereocenters. The van der Waals surface area contributed by atoms with Crippen LogP contribution in [0.1, 0.15) is 25.5 Å². The van der Waals surface area contributed by atoms with E-state index in [2.05, 4.69) is 12.1 Å². The monoisotopic (exact) mass is 215 g/mol. The lowest BCUT2D eigenvalue weighted by molar-refractivity contribution is 0.0522. The molecule has 3 N–H and O–H groups in total. The zero-order valence-corrected chi connectivity index (χ0v) is 9.64. The van der Waals surface area contributed by atoms with E-state index < -0.39 is 5.60 Å². The molecule has 0 heterocycles. The smallest absolute Gasteiger partial charge is 0.0783 e. The Bertz CT molecular complexity index is 494. The van der Waals surface area contributed by atoms with Crippen molar-refractivity contribution >= 4 is 10.8 Å². The molecule has 2 heteroatoms. The van der Waals surface area contributed by atoms with Gasteiger partial charge in [0.2, 0.25) is 0 Å². The van der Waals surface area contributed by atoms with E-state index in [1.807, 2.05) is 30.3 Å². The highest BCUT2D eigenvalue weighted by Gasteiger charge is 2.25. The Morgan fingerprint density at radius 1 is 1.06 bits per heavy atom. The minimum Gasteiger partial charge on any atom is -0.388 e. The first-order valence-electron chi connectivity index (χ1n) is 5.46.